The van der Waals surface area contributed by atoms with Crippen LogP contribution in [0.4, 0.5) is 5.69 Å². The lowest BCUT2D eigenvalue weighted by Gasteiger charge is -1.99. The number of nitrogens with one attached hydrogen (secondary N) is 1. The maximum Gasteiger partial charge on any atom is 0.335 e. The Kier molecular flexibility index (Phi) is 5.21. The van der Waals surface area contributed by atoms with E-state index in [2.05, 4.69) is 15.5 Å². The third kappa shape index (κ3) is 4.25. The second kappa shape index (κ2) is 7.91. The Hall–Kier alpha value is -4.34. The molecule has 3 rings (SSSR count). The van der Waals surface area contributed by atoms with Crippen molar-refractivity contribution in [3.63, 3.8) is 0 Å². The number of aromatic carboxylic acids is 1. The first-order valence-corrected chi connectivity index (χ1v) is 7.81. The highest BCUT2D eigenvalue weighted by molar-refractivity contribution is 5.93. The van der Waals surface area contributed by atoms with Crippen LogP contribution >= 0.6 is 0 Å². The van der Waals surface area contributed by atoms with Crippen molar-refractivity contribution in [2.75, 3.05) is 0 Å². The predicted molar refractivity (Wildman–Crippen MR) is 97.1 cm³/mol. The topological polar surface area (TPSA) is 148 Å². The largest absolute Gasteiger partial charge is 0.478 e. The molecule has 2 heterocycles. The minimum atomic E-state index is -1.04. The van der Waals surface area contributed by atoms with Crippen LogP contribution in [0.1, 0.15) is 26.6 Å². The number of amides is 1. The van der Waals surface area contributed by atoms with Gasteiger partial charge in [-0.25, -0.2) is 15.2 Å². The van der Waals surface area contributed by atoms with Crippen LogP contribution in [0.25, 0.3) is 11.3 Å². The molecule has 0 bridgehead atoms. The van der Waals surface area contributed by atoms with E-state index in [4.69, 9.17) is 9.52 Å². The molecule has 10 heteroatoms. The number of carboxylic acids is 1. The molecule has 2 aromatic heterocycles. The molecule has 3 aromatic rings. The first-order chi connectivity index (χ1) is 13.4. The molecule has 0 unspecified atom stereocenters. The normalized spacial score (nSPS) is 10.7. The Morgan fingerprint density at radius 2 is 2.04 bits per heavy atom. The maximum atomic E-state index is 11.9. The molecule has 0 atom stereocenters. The molecule has 140 valence electrons. The zero-order valence-corrected chi connectivity index (χ0v) is 14.1. The average Bonchev–Trinajstić information content (AvgIpc) is 3.17. The maximum absolute atomic E-state index is 11.9. The van der Waals surface area contributed by atoms with E-state index in [-0.39, 0.29) is 16.9 Å². The molecule has 0 spiro atoms. The minimum Gasteiger partial charge on any atom is -0.478 e. The summed E-state index contributed by atoms with van der Waals surface area (Å²) in [4.78, 5) is 36.6. The first kappa shape index (κ1) is 18.5. The highest BCUT2D eigenvalue weighted by Gasteiger charge is 2.11. The molecular weight excluding hydrogens is 368 g/mol. The van der Waals surface area contributed by atoms with Crippen LogP contribution in [-0.2, 0) is 0 Å². The van der Waals surface area contributed by atoms with Gasteiger partial charge in [-0.1, -0.05) is 12.1 Å². The van der Waals surface area contributed by atoms with Crippen molar-refractivity contribution in [2.45, 2.75) is 0 Å². The standard InChI is InChI=1S/C18H12N4O6/c23-17(15-6-4-13(9-19-15)22(26)27)21-20-10-14-5-7-16(28-14)11-2-1-3-12(8-11)18(24)25/h1-10H,(H,21,23)(H,24,25)/b20-10-. The summed E-state index contributed by atoms with van der Waals surface area (Å²) in [5.74, 6) is -0.926. The van der Waals surface area contributed by atoms with Gasteiger partial charge >= 0.3 is 5.97 Å². The van der Waals surface area contributed by atoms with Crippen molar-refractivity contribution in [3.05, 3.63) is 81.9 Å². The van der Waals surface area contributed by atoms with E-state index in [1.54, 1.807) is 24.3 Å². The molecule has 10 nitrogen and oxygen atoms in total. The summed E-state index contributed by atoms with van der Waals surface area (Å²) in [5.41, 5.74) is 2.68. The summed E-state index contributed by atoms with van der Waals surface area (Å²) in [7, 11) is 0. The van der Waals surface area contributed by atoms with Crippen LogP contribution in [0.2, 0.25) is 0 Å². The Morgan fingerprint density at radius 3 is 2.71 bits per heavy atom. The van der Waals surface area contributed by atoms with Gasteiger partial charge in [0.15, 0.2) is 0 Å². The van der Waals surface area contributed by atoms with Crippen molar-refractivity contribution >= 4 is 23.8 Å². The fourth-order valence-corrected chi connectivity index (χ4v) is 2.22. The van der Waals surface area contributed by atoms with Gasteiger partial charge in [-0.2, -0.15) is 5.10 Å². The number of rotatable bonds is 6. The number of nitro groups is 1. The lowest BCUT2D eigenvalue weighted by Crippen LogP contribution is -2.18. The fraction of sp³-hybridized carbons (Fsp3) is 0. The molecule has 0 saturated heterocycles. The molecule has 1 aromatic carbocycles. The number of hydrogen-bond acceptors (Lipinski definition) is 7. The van der Waals surface area contributed by atoms with Crippen LogP contribution in [0.15, 0.2) is 64.2 Å². The number of carbonyl (C=O) groups excluding carboxylic acids is 1. The number of hydrazone groups is 1. The first-order valence-electron chi connectivity index (χ1n) is 7.81. The van der Waals surface area contributed by atoms with Crippen LogP contribution in [0, 0.1) is 10.1 Å². The molecule has 0 fully saturated rings. The number of furan rings is 1. The molecule has 0 radical (unpaired) electrons. The van der Waals surface area contributed by atoms with Crippen molar-refractivity contribution in [3.8, 4) is 11.3 Å². The lowest BCUT2D eigenvalue weighted by atomic mass is 10.1. The van der Waals surface area contributed by atoms with E-state index in [1.807, 2.05) is 0 Å². The van der Waals surface area contributed by atoms with E-state index in [0.29, 0.717) is 17.1 Å². The fourth-order valence-electron chi connectivity index (χ4n) is 2.22. The highest BCUT2D eigenvalue weighted by atomic mass is 16.6. The van der Waals surface area contributed by atoms with Gasteiger partial charge in [0.05, 0.1) is 16.7 Å². The number of hydrogen-bond donors (Lipinski definition) is 2. The van der Waals surface area contributed by atoms with Gasteiger partial charge in [-0.05, 0) is 30.3 Å². The third-order valence-electron chi connectivity index (χ3n) is 3.57. The smallest absolute Gasteiger partial charge is 0.335 e. The summed E-state index contributed by atoms with van der Waals surface area (Å²) in [6.07, 6.45) is 2.23. The second-order valence-corrected chi connectivity index (χ2v) is 5.45. The van der Waals surface area contributed by atoms with Gasteiger partial charge in [0.1, 0.15) is 23.4 Å². The molecular formula is C18H12N4O6. The van der Waals surface area contributed by atoms with E-state index in [9.17, 15) is 19.7 Å². The van der Waals surface area contributed by atoms with Crippen molar-refractivity contribution in [2.24, 2.45) is 5.10 Å². The quantitative estimate of drug-likeness (QED) is 0.379. The average molecular weight is 380 g/mol. The molecule has 28 heavy (non-hydrogen) atoms. The minimum absolute atomic E-state index is 0.0339. The van der Waals surface area contributed by atoms with Crippen molar-refractivity contribution in [1.82, 2.24) is 10.4 Å². The van der Waals surface area contributed by atoms with Gasteiger partial charge in [-0.3, -0.25) is 14.9 Å². The summed E-state index contributed by atoms with van der Waals surface area (Å²) < 4.78 is 5.55. The highest BCUT2D eigenvalue weighted by Crippen LogP contribution is 2.22. The van der Waals surface area contributed by atoms with Crippen LogP contribution in [-0.4, -0.2) is 33.1 Å². The summed E-state index contributed by atoms with van der Waals surface area (Å²) in [6, 6.07) is 11.9. The molecule has 0 aliphatic rings. The summed E-state index contributed by atoms with van der Waals surface area (Å²) in [5, 5.41) is 23.3. The number of benzene rings is 1. The van der Waals surface area contributed by atoms with Crippen LogP contribution in [0.3, 0.4) is 0 Å². The van der Waals surface area contributed by atoms with Gasteiger partial charge < -0.3 is 9.52 Å². The number of aromatic nitrogens is 1. The number of carbonyl (C=O) groups is 2. The lowest BCUT2D eigenvalue weighted by molar-refractivity contribution is -0.385. The monoisotopic (exact) mass is 380 g/mol. The predicted octanol–water partition coefficient (Wildman–Crippen LogP) is 2.71. The molecule has 0 aliphatic heterocycles. The molecule has 2 N–H and O–H groups in total. The molecule has 1 amide bonds. The van der Waals surface area contributed by atoms with E-state index < -0.39 is 16.8 Å². The Balaban J connectivity index is 1.65. The molecule has 0 aliphatic carbocycles. The van der Waals surface area contributed by atoms with Gasteiger partial charge in [0.25, 0.3) is 11.6 Å². The summed E-state index contributed by atoms with van der Waals surface area (Å²) >= 11 is 0. The zero-order chi connectivity index (χ0) is 20.1. The Labute approximate surface area is 157 Å². The third-order valence-corrected chi connectivity index (χ3v) is 3.57. The van der Waals surface area contributed by atoms with E-state index in [0.717, 1.165) is 12.3 Å². The number of pyridine rings is 1. The van der Waals surface area contributed by atoms with Gasteiger partial charge in [-0.15, -0.1) is 0 Å². The van der Waals surface area contributed by atoms with Crippen LogP contribution < -0.4 is 5.43 Å². The van der Waals surface area contributed by atoms with Crippen molar-refractivity contribution in [1.29, 1.82) is 0 Å². The van der Waals surface area contributed by atoms with Gasteiger partial charge in [0, 0.05) is 11.6 Å². The zero-order valence-electron chi connectivity index (χ0n) is 14.1. The van der Waals surface area contributed by atoms with E-state index in [1.165, 1.54) is 24.4 Å². The Morgan fingerprint density at radius 1 is 1.21 bits per heavy atom. The van der Waals surface area contributed by atoms with E-state index >= 15 is 0 Å². The Bertz CT molecular complexity index is 1070. The number of nitrogens with zero attached hydrogens (tertiary/aromatic N) is 3. The SMILES string of the molecule is O=C(O)c1cccc(-c2ccc(/C=N\NC(=O)c3ccc([N+](=O)[O-])cn3)o2)c1. The number of carboxylic acid groups (broad SMARTS) is 1. The molecule has 0 saturated carbocycles. The summed E-state index contributed by atoms with van der Waals surface area (Å²) in [6.45, 7) is 0. The van der Waals surface area contributed by atoms with Crippen molar-refractivity contribution < 1.29 is 24.0 Å². The second-order valence-electron chi connectivity index (χ2n) is 5.45. The van der Waals surface area contributed by atoms with Crippen LogP contribution in [0.5, 0.6) is 0 Å². The van der Waals surface area contributed by atoms with Gasteiger partial charge in [0.2, 0.25) is 0 Å².